The Bertz CT molecular complexity index is 644. The number of para-hydroxylation sites is 2. The third kappa shape index (κ3) is 3.92. The Morgan fingerprint density at radius 3 is 1.82 bits per heavy atom. The van der Waals surface area contributed by atoms with Gasteiger partial charge in [0.2, 0.25) is 0 Å². The molecule has 0 aliphatic rings. The number of hydrogen-bond donors (Lipinski definition) is 2. The highest BCUT2D eigenvalue weighted by atomic mass is 35.5. The third-order valence-corrected chi connectivity index (χ3v) is 4.27. The monoisotopic (exact) mass is 352 g/mol. The Morgan fingerprint density at radius 2 is 1.32 bits per heavy atom. The summed E-state index contributed by atoms with van der Waals surface area (Å²) in [5.41, 5.74) is 4.14. The van der Waals surface area contributed by atoms with Crippen LogP contribution in [0.3, 0.4) is 0 Å². The molecule has 2 nitrogen and oxygen atoms in total. The quantitative estimate of drug-likeness (QED) is 0.667. The summed E-state index contributed by atoms with van der Waals surface area (Å²) in [6, 6.07) is 11.6. The number of aryl methyl sites for hydroxylation is 2. The maximum absolute atomic E-state index is 6.16. The molecule has 116 valence electrons. The van der Waals surface area contributed by atoms with Crippen LogP contribution >= 0.6 is 35.4 Å². The van der Waals surface area contributed by atoms with Gasteiger partial charge in [0.1, 0.15) is 0 Å². The molecule has 2 rings (SSSR count). The van der Waals surface area contributed by atoms with E-state index in [2.05, 4.69) is 42.7 Å². The lowest BCUT2D eigenvalue weighted by Gasteiger charge is -2.18. The Hall–Kier alpha value is -1.29. The molecule has 2 aromatic rings. The molecule has 0 aliphatic carbocycles. The number of thiocarbonyl (C=S) groups is 1. The first-order valence-electron chi connectivity index (χ1n) is 7.19. The zero-order chi connectivity index (χ0) is 16.1. The highest BCUT2D eigenvalue weighted by Crippen LogP contribution is 2.30. The second kappa shape index (κ2) is 7.82. The van der Waals surface area contributed by atoms with Gasteiger partial charge in [0.25, 0.3) is 0 Å². The number of hydrogen-bond acceptors (Lipinski definition) is 1. The minimum Gasteiger partial charge on any atom is -0.332 e. The van der Waals surface area contributed by atoms with E-state index in [1.54, 1.807) is 18.2 Å². The summed E-state index contributed by atoms with van der Waals surface area (Å²) in [6.07, 6.45) is 1.87. The van der Waals surface area contributed by atoms with Crippen molar-refractivity contribution in [2.45, 2.75) is 26.7 Å². The fourth-order valence-electron chi connectivity index (χ4n) is 2.28. The van der Waals surface area contributed by atoms with E-state index in [0.29, 0.717) is 20.8 Å². The van der Waals surface area contributed by atoms with Crippen molar-refractivity contribution in [3.8, 4) is 0 Å². The average molecular weight is 353 g/mol. The lowest BCUT2D eigenvalue weighted by atomic mass is 10.0. The zero-order valence-electron chi connectivity index (χ0n) is 12.5. The average Bonchev–Trinajstić information content (AvgIpc) is 2.51. The van der Waals surface area contributed by atoms with Gasteiger partial charge < -0.3 is 10.6 Å². The van der Waals surface area contributed by atoms with Gasteiger partial charge in [0.05, 0.1) is 15.7 Å². The van der Waals surface area contributed by atoms with Gasteiger partial charge >= 0.3 is 0 Å². The van der Waals surface area contributed by atoms with Gasteiger partial charge in [-0.05, 0) is 48.3 Å². The molecule has 0 amide bonds. The largest absolute Gasteiger partial charge is 0.332 e. The third-order valence-electron chi connectivity index (χ3n) is 3.44. The zero-order valence-corrected chi connectivity index (χ0v) is 14.9. The molecular formula is C17H18Cl2N2S. The number of halogens is 2. The van der Waals surface area contributed by atoms with Crippen LogP contribution in [0.25, 0.3) is 0 Å². The molecule has 0 heterocycles. The van der Waals surface area contributed by atoms with Gasteiger partial charge in [-0.3, -0.25) is 0 Å². The van der Waals surface area contributed by atoms with E-state index < -0.39 is 0 Å². The molecule has 0 spiro atoms. The van der Waals surface area contributed by atoms with E-state index in [1.807, 2.05) is 0 Å². The summed E-state index contributed by atoms with van der Waals surface area (Å²) in [5.74, 6) is 0. The summed E-state index contributed by atoms with van der Waals surface area (Å²) >= 11 is 17.7. The van der Waals surface area contributed by atoms with Crippen LogP contribution in [0.2, 0.25) is 10.0 Å². The van der Waals surface area contributed by atoms with Crippen molar-refractivity contribution in [1.82, 2.24) is 0 Å². The van der Waals surface area contributed by atoms with Crippen LogP contribution in [0, 0.1) is 0 Å². The Balaban J connectivity index is 2.23. The molecule has 2 N–H and O–H groups in total. The van der Waals surface area contributed by atoms with Crippen molar-refractivity contribution in [2.24, 2.45) is 0 Å². The van der Waals surface area contributed by atoms with Crippen LogP contribution < -0.4 is 10.6 Å². The van der Waals surface area contributed by atoms with Crippen molar-refractivity contribution in [2.75, 3.05) is 10.6 Å². The van der Waals surface area contributed by atoms with E-state index in [0.717, 1.165) is 18.5 Å². The van der Waals surface area contributed by atoms with Crippen molar-refractivity contribution < 1.29 is 0 Å². The molecular weight excluding hydrogens is 335 g/mol. The smallest absolute Gasteiger partial charge is 0.175 e. The summed E-state index contributed by atoms with van der Waals surface area (Å²) < 4.78 is 0. The number of nitrogens with one attached hydrogen (secondary N) is 2. The van der Waals surface area contributed by atoms with Gasteiger partial charge in [-0.1, -0.05) is 61.3 Å². The first-order valence-corrected chi connectivity index (χ1v) is 8.36. The number of anilines is 2. The van der Waals surface area contributed by atoms with Crippen molar-refractivity contribution >= 4 is 51.9 Å². The first kappa shape index (κ1) is 17.1. The Morgan fingerprint density at radius 1 is 0.864 bits per heavy atom. The first-order chi connectivity index (χ1) is 10.6. The van der Waals surface area contributed by atoms with Gasteiger partial charge in [-0.15, -0.1) is 0 Å². The van der Waals surface area contributed by atoms with Crippen molar-refractivity contribution in [3.05, 3.63) is 57.6 Å². The minimum absolute atomic E-state index is 0.477. The van der Waals surface area contributed by atoms with Crippen LogP contribution in [-0.4, -0.2) is 5.11 Å². The van der Waals surface area contributed by atoms with Gasteiger partial charge in [0, 0.05) is 5.69 Å². The normalized spacial score (nSPS) is 10.4. The number of benzene rings is 2. The predicted octanol–water partition coefficient (Wildman–Crippen LogP) is 5.93. The van der Waals surface area contributed by atoms with Gasteiger partial charge in [-0.25, -0.2) is 0 Å². The van der Waals surface area contributed by atoms with E-state index in [9.17, 15) is 0 Å². The molecule has 0 bridgehead atoms. The Kier molecular flexibility index (Phi) is 6.07. The molecule has 0 unspecified atom stereocenters. The molecule has 0 atom stereocenters. The standard InChI is InChI=1S/C17H18Cl2N2S/c1-3-11-7-5-8-12(4-2)15(11)20-17(22)21-16-13(18)9-6-10-14(16)19/h5-10H,3-4H2,1-2H3,(H2,20,21,22). The van der Waals surface area contributed by atoms with Crippen molar-refractivity contribution in [3.63, 3.8) is 0 Å². The van der Waals surface area contributed by atoms with E-state index in [-0.39, 0.29) is 0 Å². The van der Waals surface area contributed by atoms with Gasteiger partial charge in [0.15, 0.2) is 5.11 Å². The SMILES string of the molecule is CCc1cccc(CC)c1NC(=S)Nc1c(Cl)cccc1Cl. The second-order valence-electron chi connectivity index (χ2n) is 4.83. The lowest BCUT2D eigenvalue weighted by Crippen LogP contribution is -2.21. The van der Waals surface area contributed by atoms with Crippen LogP contribution in [0.1, 0.15) is 25.0 Å². The van der Waals surface area contributed by atoms with Gasteiger partial charge in [-0.2, -0.15) is 0 Å². The van der Waals surface area contributed by atoms with Crippen LogP contribution in [-0.2, 0) is 12.8 Å². The molecule has 0 fully saturated rings. The van der Waals surface area contributed by atoms with Crippen LogP contribution in [0.4, 0.5) is 11.4 Å². The molecule has 22 heavy (non-hydrogen) atoms. The lowest BCUT2D eigenvalue weighted by molar-refractivity contribution is 1.09. The number of rotatable bonds is 4. The van der Waals surface area contributed by atoms with E-state index in [1.165, 1.54) is 11.1 Å². The molecule has 0 radical (unpaired) electrons. The second-order valence-corrected chi connectivity index (χ2v) is 6.06. The summed E-state index contributed by atoms with van der Waals surface area (Å²) in [7, 11) is 0. The molecule has 5 heteroatoms. The maximum Gasteiger partial charge on any atom is 0.175 e. The fraction of sp³-hybridized carbons (Fsp3) is 0.235. The predicted molar refractivity (Wildman–Crippen MR) is 102 cm³/mol. The van der Waals surface area contributed by atoms with E-state index in [4.69, 9.17) is 35.4 Å². The highest BCUT2D eigenvalue weighted by Gasteiger charge is 2.10. The molecule has 0 saturated heterocycles. The summed E-state index contributed by atoms with van der Waals surface area (Å²) in [5, 5.41) is 7.93. The highest BCUT2D eigenvalue weighted by molar-refractivity contribution is 7.80. The van der Waals surface area contributed by atoms with Crippen LogP contribution in [0.15, 0.2) is 36.4 Å². The summed E-state index contributed by atoms with van der Waals surface area (Å²) in [6.45, 7) is 4.25. The Labute approximate surface area is 146 Å². The van der Waals surface area contributed by atoms with Crippen LogP contribution in [0.5, 0.6) is 0 Å². The summed E-state index contributed by atoms with van der Waals surface area (Å²) in [4.78, 5) is 0. The molecule has 0 aromatic heterocycles. The molecule has 0 aliphatic heterocycles. The van der Waals surface area contributed by atoms with E-state index >= 15 is 0 Å². The maximum atomic E-state index is 6.16. The molecule has 0 saturated carbocycles. The molecule has 2 aromatic carbocycles. The topological polar surface area (TPSA) is 24.1 Å². The minimum atomic E-state index is 0.477. The van der Waals surface area contributed by atoms with Crippen molar-refractivity contribution in [1.29, 1.82) is 0 Å². The fourth-order valence-corrected chi connectivity index (χ4v) is 2.97.